The van der Waals surface area contributed by atoms with Crippen molar-refractivity contribution in [2.24, 2.45) is 0 Å². The zero-order valence-electron chi connectivity index (χ0n) is 13.1. The van der Waals surface area contributed by atoms with Gasteiger partial charge in [0, 0.05) is 25.5 Å². The van der Waals surface area contributed by atoms with E-state index in [1.807, 2.05) is 24.7 Å². The summed E-state index contributed by atoms with van der Waals surface area (Å²) in [5.74, 6) is 1.23. The Morgan fingerprint density at radius 1 is 1.22 bits per heavy atom. The number of halogens is 3. The zero-order chi connectivity index (χ0) is 15.1. The Morgan fingerprint density at radius 2 is 2.00 bits per heavy atom. The standard InChI is InChI=1S/C15H20ClN3O2.2ClH/c1-20-14-9-12(8-13(16)15(14)21-2)10-17-4-3-6-19-7-5-18-11-19;;/h5,7-9,11,17H,3-4,6,10H2,1-2H3;2*1H. The second-order valence-electron chi connectivity index (χ2n) is 4.64. The topological polar surface area (TPSA) is 48.3 Å². The Morgan fingerprint density at radius 3 is 2.61 bits per heavy atom. The molecule has 1 aromatic heterocycles. The molecule has 0 amide bonds. The molecule has 2 rings (SSSR count). The summed E-state index contributed by atoms with van der Waals surface area (Å²) in [5.41, 5.74) is 1.07. The molecular weight excluding hydrogens is 361 g/mol. The molecule has 0 spiro atoms. The predicted octanol–water partition coefficient (Wildman–Crippen LogP) is 3.58. The average molecular weight is 383 g/mol. The third kappa shape index (κ3) is 6.47. The maximum atomic E-state index is 6.18. The van der Waals surface area contributed by atoms with Crippen molar-refractivity contribution in [3.05, 3.63) is 41.4 Å². The van der Waals surface area contributed by atoms with Crippen LogP contribution < -0.4 is 14.8 Å². The van der Waals surface area contributed by atoms with Gasteiger partial charge >= 0.3 is 0 Å². The molecule has 0 unspecified atom stereocenters. The van der Waals surface area contributed by atoms with Crippen molar-refractivity contribution < 1.29 is 9.47 Å². The molecule has 0 aliphatic carbocycles. The summed E-state index contributed by atoms with van der Waals surface area (Å²) >= 11 is 6.18. The maximum absolute atomic E-state index is 6.18. The van der Waals surface area contributed by atoms with Crippen molar-refractivity contribution in [3.63, 3.8) is 0 Å². The Bertz CT molecular complexity index is 565. The first-order valence-electron chi connectivity index (χ1n) is 6.81. The van der Waals surface area contributed by atoms with Crippen LogP contribution in [0.15, 0.2) is 30.9 Å². The van der Waals surface area contributed by atoms with Crippen LogP contribution in [-0.4, -0.2) is 30.3 Å². The van der Waals surface area contributed by atoms with Gasteiger partial charge in [0.1, 0.15) is 0 Å². The number of nitrogens with zero attached hydrogens (tertiary/aromatic N) is 2. The van der Waals surface area contributed by atoms with Crippen molar-refractivity contribution in [1.82, 2.24) is 14.9 Å². The number of hydrogen-bond acceptors (Lipinski definition) is 4. The lowest BCUT2D eigenvalue weighted by molar-refractivity contribution is 0.354. The van der Waals surface area contributed by atoms with Crippen LogP contribution in [0, 0.1) is 0 Å². The molecule has 5 nitrogen and oxygen atoms in total. The maximum Gasteiger partial charge on any atom is 0.179 e. The quantitative estimate of drug-likeness (QED) is 0.709. The van der Waals surface area contributed by atoms with E-state index in [1.54, 1.807) is 20.4 Å². The molecule has 1 heterocycles. The van der Waals surface area contributed by atoms with Crippen LogP contribution in [0.2, 0.25) is 5.02 Å². The minimum Gasteiger partial charge on any atom is -0.493 e. The highest BCUT2D eigenvalue weighted by atomic mass is 35.5. The van der Waals surface area contributed by atoms with Crippen molar-refractivity contribution in [3.8, 4) is 11.5 Å². The fourth-order valence-corrected chi connectivity index (χ4v) is 2.42. The fraction of sp³-hybridized carbons (Fsp3) is 0.400. The highest BCUT2D eigenvalue weighted by molar-refractivity contribution is 6.32. The van der Waals surface area contributed by atoms with Crippen LogP contribution in [0.25, 0.3) is 0 Å². The third-order valence-electron chi connectivity index (χ3n) is 3.15. The van der Waals surface area contributed by atoms with Crippen LogP contribution in [0.4, 0.5) is 0 Å². The van der Waals surface area contributed by atoms with Crippen molar-refractivity contribution in [1.29, 1.82) is 0 Å². The van der Waals surface area contributed by atoms with E-state index in [0.717, 1.165) is 31.6 Å². The molecule has 8 heteroatoms. The number of ether oxygens (including phenoxy) is 2. The second kappa shape index (κ2) is 11.4. The van der Waals surface area contributed by atoms with E-state index >= 15 is 0 Å². The first-order valence-corrected chi connectivity index (χ1v) is 7.19. The van der Waals surface area contributed by atoms with E-state index in [4.69, 9.17) is 21.1 Å². The predicted molar refractivity (Wildman–Crippen MR) is 97.6 cm³/mol. The van der Waals surface area contributed by atoms with Gasteiger partial charge in [-0.1, -0.05) is 11.6 Å². The Kier molecular flexibility index (Phi) is 10.8. The molecule has 1 aromatic carbocycles. The lowest BCUT2D eigenvalue weighted by atomic mass is 10.2. The first-order chi connectivity index (χ1) is 10.2. The second-order valence-corrected chi connectivity index (χ2v) is 5.05. The van der Waals surface area contributed by atoms with E-state index in [-0.39, 0.29) is 24.8 Å². The van der Waals surface area contributed by atoms with Gasteiger partial charge in [0.25, 0.3) is 0 Å². The summed E-state index contributed by atoms with van der Waals surface area (Å²) in [6.45, 7) is 2.62. The number of rotatable bonds is 8. The monoisotopic (exact) mass is 381 g/mol. The molecule has 0 saturated carbocycles. The minimum absolute atomic E-state index is 0. The number of nitrogens with one attached hydrogen (secondary N) is 1. The molecule has 1 N–H and O–H groups in total. The van der Waals surface area contributed by atoms with Crippen LogP contribution in [0.3, 0.4) is 0 Å². The number of methoxy groups -OCH3 is 2. The van der Waals surface area contributed by atoms with Gasteiger partial charge in [0.2, 0.25) is 0 Å². The largest absolute Gasteiger partial charge is 0.493 e. The van der Waals surface area contributed by atoms with Gasteiger partial charge in [-0.2, -0.15) is 0 Å². The molecule has 0 bridgehead atoms. The number of aryl methyl sites for hydroxylation is 1. The van der Waals surface area contributed by atoms with E-state index in [2.05, 4.69) is 14.9 Å². The van der Waals surface area contributed by atoms with Gasteiger partial charge in [-0.05, 0) is 30.7 Å². The molecule has 0 saturated heterocycles. The van der Waals surface area contributed by atoms with Crippen LogP contribution in [0.5, 0.6) is 11.5 Å². The van der Waals surface area contributed by atoms with Crippen molar-refractivity contribution in [2.75, 3.05) is 20.8 Å². The third-order valence-corrected chi connectivity index (χ3v) is 3.43. The van der Waals surface area contributed by atoms with Gasteiger partial charge in [-0.3, -0.25) is 0 Å². The summed E-state index contributed by atoms with van der Waals surface area (Å²) < 4.78 is 12.6. The fourth-order valence-electron chi connectivity index (χ4n) is 2.11. The molecule has 0 aliphatic heterocycles. The number of imidazole rings is 1. The summed E-state index contributed by atoms with van der Waals surface area (Å²) in [7, 11) is 3.19. The summed E-state index contributed by atoms with van der Waals surface area (Å²) in [6, 6.07) is 3.83. The van der Waals surface area contributed by atoms with Gasteiger partial charge in [0.05, 0.1) is 25.6 Å². The molecule has 0 radical (unpaired) electrons. The Labute approximate surface area is 154 Å². The lowest BCUT2D eigenvalue weighted by Crippen LogP contribution is -2.16. The highest BCUT2D eigenvalue weighted by Crippen LogP contribution is 2.35. The molecule has 0 aliphatic rings. The minimum atomic E-state index is 0. The summed E-state index contributed by atoms with van der Waals surface area (Å²) in [5, 5.41) is 3.95. The molecule has 0 atom stereocenters. The van der Waals surface area contributed by atoms with Crippen molar-refractivity contribution in [2.45, 2.75) is 19.5 Å². The lowest BCUT2D eigenvalue weighted by Gasteiger charge is -2.12. The van der Waals surface area contributed by atoms with Gasteiger partial charge in [-0.25, -0.2) is 4.98 Å². The number of aromatic nitrogens is 2. The zero-order valence-corrected chi connectivity index (χ0v) is 15.5. The average Bonchev–Trinajstić information content (AvgIpc) is 2.99. The molecule has 2 aromatic rings. The molecule has 0 fully saturated rings. The summed E-state index contributed by atoms with van der Waals surface area (Å²) in [6.07, 6.45) is 6.62. The Balaban J connectivity index is 0.00000242. The number of benzene rings is 1. The number of hydrogen-bond donors (Lipinski definition) is 1. The normalized spacial score (nSPS) is 9.70. The highest BCUT2D eigenvalue weighted by Gasteiger charge is 2.10. The Hall–Kier alpha value is -1.14. The van der Waals surface area contributed by atoms with Gasteiger partial charge in [0.15, 0.2) is 11.5 Å². The van der Waals surface area contributed by atoms with E-state index in [9.17, 15) is 0 Å². The van der Waals surface area contributed by atoms with Crippen LogP contribution >= 0.6 is 36.4 Å². The van der Waals surface area contributed by atoms with Crippen molar-refractivity contribution >= 4 is 36.4 Å². The van der Waals surface area contributed by atoms with Gasteiger partial charge < -0.3 is 19.4 Å². The van der Waals surface area contributed by atoms with Crippen LogP contribution in [0.1, 0.15) is 12.0 Å². The smallest absolute Gasteiger partial charge is 0.179 e. The molecule has 130 valence electrons. The summed E-state index contributed by atoms with van der Waals surface area (Å²) in [4.78, 5) is 4.02. The van der Waals surface area contributed by atoms with E-state index in [1.165, 1.54) is 0 Å². The molecular formula is C15H22Cl3N3O2. The first kappa shape index (κ1) is 21.9. The van der Waals surface area contributed by atoms with E-state index in [0.29, 0.717) is 16.5 Å². The molecule has 23 heavy (non-hydrogen) atoms. The van der Waals surface area contributed by atoms with E-state index < -0.39 is 0 Å². The van der Waals surface area contributed by atoms with Gasteiger partial charge in [-0.15, -0.1) is 24.8 Å². The van der Waals surface area contributed by atoms with Crippen LogP contribution in [-0.2, 0) is 13.1 Å². The SMILES string of the molecule is COc1cc(CNCCCn2ccnc2)cc(Cl)c1OC.Cl.Cl.